The monoisotopic (exact) mass is 1210 g/mol. The van der Waals surface area contributed by atoms with Gasteiger partial charge in [0.25, 0.3) is 29.5 Å². The van der Waals surface area contributed by atoms with Gasteiger partial charge in [-0.1, -0.05) is 47.1 Å². The minimum Gasteiger partial charge on any atom is -0.481 e. The molecule has 0 saturated heterocycles. The van der Waals surface area contributed by atoms with Crippen LogP contribution >= 0.6 is 11.3 Å². The molecule has 7 amide bonds. The molecule has 2 aromatic rings. The molecule has 0 aliphatic carbocycles. The van der Waals surface area contributed by atoms with E-state index >= 15 is 0 Å². The van der Waals surface area contributed by atoms with Gasteiger partial charge in [-0.25, -0.2) is 4.98 Å². The van der Waals surface area contributed by atoms with Crippen molar-refractivity contribution in [3.8, 4) is 5.75 Å². The summed E-state index contributed by atoms with van der Waals surface area (Å²) in [7, 11) is 5.73. The third-order valence-electron chi connectivity index (χ3n) is 14.7. The highest BCUT2D eigenvalue weighted by molar-refractivity contribution is 7.09. The van der Waals surface area contributed by atoms with Gasteiger partial charge in [-0.2, -0.15) is 0 Å². The summed E-state index contributed by atoms with van der Waals surface area (Å²) >= 11 is 1.10. The number of likely N-dealkylation sites (N-methyl/N-ethyl adjacent to an activating group) is 2. The zero-order chi connectivity index (χ0) is 63.0. The van der Waals surface area contributed by atoms with Crippen LogP contribution in [0.2, 0.25) is 0 Å². The third-order valence-corrected chi connectivity index (χ3v) is 15.6. The summed E-state index contributed by atoms with van der Waals surface area (Å²) < 4.78 is 33.6. The molecular formula is C59H86N8O17S. The number of aliphatic carboxylic acids is 1. The molecule has 0 spiro atoms. The lowest BCUT2D eigenvalue weighted by Gasteiger charge is -2.39. The summed E-state index contributed by atoms with van der Waals surface area (Å²) in [6, 6.07) is 2.88. The Labute approximate surface area is 501 Å². The predicted molar refractivity (Wildman–Crippen MR) is 313 cm³/mol. The SMILES string of the molecule is CC[C@H](C)[C@H](NCC(C)(C)N(C)C)C(=O)N(C)C(C[C@@H](OC(C)=O)c1nc(C(=O)N[C@@H](Cc2ccc(OC(=O)CCOCCOCCN3C(=O)C=CC3=O)c(NC(=O)CCOCCOCCN3C(=O)C=CC3=O)c2)CC(C)C(=O)O)cs1)C(C)C. The molecule has 0 fully saturated rings. The molecule has 4 N–H and O–H groups in total. The maximum Gasteiger partial charge on any atom is 0.313 e. The van der Waals surface area contributed by atoms with E-state index in [4.69, 9.17) is 28.4 Å². The Bertz CT molecular complexity index is 2660. The quantitative estimate of drug-likeness (QED) is 0.0318. The number of nitrogens with one attached hydrogen (secondary N) is 3. The number of hydrogen-bond acceptors (Lipinski definition) is 20. The van der Waals surface area contributed by atoms with E-state index in [1.165, 1.54) is 49.6 Å². The van der Waals surface area contributed by atoms with Crippen LogP contribution in [-0.2, 0) is 73.3 Å². The second-order valence-corrected chi connectivity index (χ2v) is 23.0. The lowest BCUT2D eigenvalue weighted by molar-refractivity contribution is -0.149. The predicted octanol–water partition coefficient (Wildman–Crippen LogP) is 3.96. The van der Waals surface area contributed by atoms with Crippen molar-refractivity contribution in [2.24, 2.45) is 17.8 Å². The topological polar surface area (TPSA) is 308 Å². The Morgan fingerprint density at radius 2 is 1.32 bits per heavy atom. The van der Waals surface area contributed by atoms with E-state index in [1.807, 2.05) is 41.8 Å². The maximum atomic E-state index is 14.4. The first-order valence-electron chi connectivity index (χ1n) is 28.6. The number of nitrogens with zero attached hydrogens (tertiary/aromatic N) is 5. The molecule has 2 aliphatic heterocycles. The highest BCUT2D eigenvalue weighted by atomic mass is 32.1. The molecule has 1 aromatic heterocycles. The number of carboxylic acids is 1. The number of anilines is 1. The molecule has 0 bridgehead atoms. The van der Waals surface area contributed by atoms with E-state index in [2.05, 4.69) is 39.7 Å². The molecule has 4 rings (SSSR count). The molecule has 25 nitrogen and oxygen atoms in total. The number of hydrogen-bond donors (Lipinski definition) is 4. The maximum absolute atomic E-state index is 14.4. The molecule has 1 aromatic carbocycles. The second-order valence-electron chi connectivity index (χ2n) is 22.1. The first kappa shape index (κ1) is 70.7. The van der Waals surface area contributed by atoms with Crippen molar-refractivity contribution in [1.82, 2.24) is 35.2 Å². The highest BCUT2D eigenvalue weighted by Crippen LogP contribution is 2.32. The summed E-state index contributed by atoms with van der Waals surface area (Å²) in [4.78, 5) is 137. The first-order chi connectivity index (χ1) is 40.2. The summed E-state index contributed by atoms with van der Waals surface area (Å²) in [5.41, 5.74) is 0.346. The van der Waals surface area contributed by atoms with Crippen LogP contribution in [0.3, 0.4) is 0 Å². The van der Waals surface area contributed by atoms with Gasteiger partial charge in [-0.15, -0.1) is 11.3 Å². The average molecular weight is 1210 g/mol. The van der Waals surface area contributed by atoms with Gasteiger partial charge in [-0.05, 0) is 70.3 Å². The number of carboxylic acid groups (broad SMARTS) is 1. The Kier molecular flexibility index (Phi) is 29.1. The first-order valence-corrected chi connectivity index (χ1v) is 29.5. The van der Waals surface area contributed by atoms with Crippen molar-refractivity contribution in [3.63, 3.8) is 0 Å². The van der Waals surface area contributed by atoms with Crippen LogP contribution in [0, 0.1) is 17.8 Å². The van der Waals surface area contributed by atoms with Gasteiger partial charge in [0.2, 0.25) is 11.8 Å². The van der Waals surface area contributed by atoms with Crippen molar-refractivity contribution in [3.05, 3.63) is 64.1 Å². The standard InChI is InChI=1S/C59H86N8O17S/c1-12-38(4)54(60-36-59(7,8)64(9)10)57(76)65(11)45(37(2)3)34-47(83-40(6)68)56-63-44(35-85-56)55(75)61-42(31-39(5)58(77)78)32-41-13-14-46(84-53(74)20-24-80-28-30-82-26-22-67-51(72)17-18-52(67)73)43(33-41)62-48(69)19-23-79-27-29-81-25-21-66-49(70)15-16-50(66)71/h13-18,33,35,37-39,42,45,47,54,60H,12,19-32,34,36H2,1-11H3,(H,61,75)(H,62,69)(H,77,78)/t38-,39?,42+,45?,47+,54-/m0/s1. The number of amides is 7. The molecule has 26 heteroatoms. The van der Waals surface area contributed by atoms with Crippen molar-refractivity contribution < 1.29 is 81.5 Å². The Morgan fingerprint density at radius 3 is 1.84 bits per heavy atom. The van der Waals surface area contributed by atoms with Gasteiger partial charge in [-0.3, -0.25) is 57.7 Å². The molecule has 3 heterocycles. The van der Waals surface area contributed by atoms with Crippen LogP contribution in [0.4, 0.5) is 5.69 Å². The lowest BCUT2D eigenvalue weighted by Crippen LogP contribution is -2.57. The third kappa shape index (κ3) is 23.2. The summed E-state index contributed by atoms with van der Waals surface area (Å²) in [6.45, 7) is 16.2. The number of rotatable bonds is 40. The normalized spacial score (nSPS) is 15.5. The molecule has 85 heavy (non-hydrogen) atoms. The van der Waals surface area contributed by atoms with Crippen LogP contribution in [0.5, 0.6) is 5.75 Å². The number of benzene rings is 1. The Hall–Kier alpha value is -6.81. The minimum absolute atomic E-state index is 0.00641. The van der Waals surface area contributed by atoms with Crippen LogP contribution in [-0.4, -0.2) is 206 Å². The Balaban J connectivity index is 1.47. The number of aromatic nitrogens is 1. The van der Waals surface area contributed by atoms with Gasteiger partial charge in [0, 0.05) is 74.2 Å². The van der Waals surface area contributed by atoms with Gasteiger partial charge in [0.1, 0.15) is 10.7 Å². The Morgan fingerprint density at radius 1 is 0.765 bits per heavy atom. The number of esters is 2. The van der Waals surface area contributed by atoms with Crippen LogP contribution in [0.25, 0.3) is 0 Å². The van der Waals surface area contributed by atoms with Crippen LogP contribution in [0.15, 0.2) is 47.9 Å². The van der Waals surface area contributed by atoms with Crippen molar-refractivity contribution in [2.75, 3.05) is 98.9 Å². The molecule has 0 saturated carbocycles. The number of carbonyl (C=O) groups excluding carboxylic acids is 9. The summed E-state index contributed by atoms with van der Waals surface area (Å²) in [6.07, 6.45) is 4.41. The zero-order valence-electron chi connectivity index (χ0n) is 50.8. The van der Waals surface area contributed by atoms with E-state index in [9.17, 15) is 53.1 Å². The molecule has 6 atom stereocenters. The molecule has 470 valence electrons. The van der Waals surface area contributed by atoms with Crippen LogP contribution < -0.4 is 20.7 Å². The van der Waals surface area contributed by atoms with Crippen molar-refractivity contribution in [2.45, 2.75) is 124 Å². The molecule has 2 aliphatic rings. The van der Waals surface area contributed by atoms with Gasteiger partial charge < -0.3 is 59.3 Å². The molecule has 2 unspecified atom stereocenters. The number of imide groups is 2. The number of ether oxygens (including phenoxy) is 6. The minimum atomic E-state index is -1.11. The van der Waals surface area contributed by atoms with Gasteiger partial charge in [0.05, 0.1) is 96.4 Å². The van der Waals surface area contributed by atoms with Gasteiger partial charge in [0.15, 0.2) is 11.9 Å². The smallest absolute Gasteiger partial charge is 0.313 e. The lowest BCUT2D eigenvalue weighted by atomic mass is 9.92. The summed E-state index contributed by atoms with van der Waals surface area (Å²) in [5.74, 6) is -6.36. The second kappa shape index (κ2) is 35.0. The van der Waals surface area contributed by atoms with E-state index < -0.39 is 83.5 Å². The fraction of sp³-hybridized carbons (Fsp3) is 0.610. The van der Waals surface area contributed by atoms with Gasteiger partial charge >= 0.3 is 17.9 Å². The van der Waals surface area contributed by atoms with E-state index in [0.29, 0.717) is 17.1 Å². The number of thiazole rings is 1. The zero-order valence-corrected chi connectivity index (χ0v) is 51.6. The molecule has 0 radical (unpaired) electrons. The fourth-order valence-electron chi connectivity index (χ4n) is 8.83. The van der Waals surface area contributed by atoms with E-state index in [0.717, 1.165) is 27.6 Å². The fourth-order valence-corrected chi connectivity index (χ4v) is 9.66. The van der Waals surface area contributed by atoms with E-state index in [1.54, 1.807) is 24.1 Å². The number of carbonyl (C=O) groups is 10. The largest absolute Gasteiger partial charge is 0.481 e. The molecular weight excluding hydrogens is 1120 g/mol. The van der Waals surface area contributed by atoms with Crippen molar-refractivity contribution in [1.29, 1.82) is 0 Å². The highest BCUT2D eigenvalue weighted by Gasteiger charge is 2.36. The van der Waals surface area contributed by atoms with Crippen molar-refractivity contribution >= 4 is 76.3 Å². The average Bonchev–Trinajstić information content (AvgIpc) is 4.18. The summed E-state index contributed by atoms with van der Waals surface area (Å²) in [5, 5.41) is 21.0. The van der Waals surface area contributed by atoms with Crippen LogP contribution in [0.1, 0.15) is 115 Å². The van der Waals surface area contributed by atoms with E-state index in [-0.39, 0.29) is 138 Å².